The number of benzene rings is 2. The van der Waals surface area contributed by atoms with Gasteiger partial charge >= 0.3 is 0 Å². The van der Waals surface area contributed by atoms with Crippen LogP contribution in [0.4, 0.5) is 0 Å². The molecule has 23 heavy (non-hydrogen) atoms. The van der Waals surface area contributed by atoms with E-state index < -0.39 is 0 Å². The van der Waals surface area contributed by atoms with Crippen molar-refractivity contribution in [2.75, 3.05) is 0 Å². The molecule has 0 amide bonds. The van der Waals surface area contributed by atoms with Gasteiger partial charge in [0.15, 0.2) is 0 Å². The first-order valence-corrected chi connectivity index (χ1v) is 9.70. The monoisotopic (exact) mass is 416 g/mol. The molecule has 0 aromatic heterocycles. The zero-order valence-electron chi connectivity index (χ0n) is 14.2. The summed E-state index contributed by atoms with van der Waals surface area (Å²) in [6.07, 6.45) is 7.21. The van der Waals surface area contributed by atoms with E-state index in [1.54, 1.807) is 0 Å². The third-order valence-corrected chi connectivity index (χ3v) is 4.99. The number of rotatable bonds is 6. The highest BCUT2D eigenvalue weighted by molar-refractivity contribution is 14.1. The van der Waals surface area contributed by atoms with E-state index in [1.807, 2.05) is 18.2 Å². The molecular weight excluding hydrogens is 391 g/mol. The summed E-state index contributed by atoms with van der Waals surface area (Å²) in [5.41, 5.74) is 5.15. The van der Waals surface area contributed by atoms with Crippen LogP contribution in [-0.4, -0.2) is 0 Å². The van der Waals surface area contributed by atoms with E-state index >= 15 is 0 Å². The third-order valence-electron chi connectivity index (χ3n) is 3.99. The highest BCUT2D eigenvalue weighted by atomic mass is 127. The lowest BCUT2D eigenvalue weighted by molar-refractivity contribution is 0.782. The Kier molecular flexibility index (Phi) is 7.68. The fourth-order valence-corrected chi connectivity index (χ4v) is 3.37. The van der Waals surface area contributed by atoms with Crippen LogP contribution in [0.1, 0.15) is 61.8 Å². The Labute approximate surface area is 154 Å². The quantitative estimate of drug-likeness (QED) is 0.379. The van der Waals surface area contributed by atoms with Crippen molar-refractivity contribution in [3.8, 4) is 11.8 Å². The molecule has 0 atom stereocenters. The zero-order chi connectivity index (χ0) is 16.5. The average molecular weight is 416 g/mol. The van der Waals surface area contributed by atoms with Crippen molar-refractivity contribution in [1.29, 1.82) is 0 Å². The predicted octanol–water partition coefficient (Wildman–Crippen LogP) is 6.38. The molecule has 0 aliphatic rings. The zero-order valence-corrected chi connectivity index (χ0v) is 16.3. The minimum absolute atomic E-state index is 1.09. The first kappa shape index (κ1) is 18.1. The van der Waals surface area contributed by atoms with Crippen molar-refractivity contribution < 1.29 is 0 Å². The van der Waals surface area contributed by atoms with Crippen molar-refractivity contribution in [3.05, 3.63) is 68.3 Å². The summed E-state index contributed by atoms with van der Waals surface area (Å²) < 4.78 is 1.40. The van der Waals surface area contributed by atoms with Crippen molar-refractivity contribution >= 4 is 22.6 Å². The van der Waals surface area contributed by atoms with Crippen molar-refractivity contribution in [1.82, 2.24) is 0 Å². The summed E-state index contributed by atoms with van der Waals surface area (Å²) in [5, 5.41) is 0. The van der Waals surface area contributed by atoms with Crippen LogP contribution in [0.3, 0.4) is 0 Å². The second-order valence-electron chi connectivity index (χ2n) is 5.92. The number of hydrogen-bond donors (Lipinski definition) is 0. The molecule has 0 heterocycles. The van der Waals surface area contributed by atoms with Crippen LogP contribution in [0.15, 0.2) is 42.5 Å². The van der Waals surface area contributed by atoms with Crippen LogP contribution in [0.2, 0.25) is 0 Å². The lowest BCUT2D eigenvalue weighted by Crippen LogP contribution is -1.98. The van der Waals surface area contributed by atoms with Gasteiger partial charge in [-0.1, -0.05) is 56.7 Å². The van der Waals surface area contributed by atoms with Crippen LogP contribution in [-0.2, 0) is 12.8 Å². The number of unbranched alkanes of at least 4 members (excludes halogenated alkanes) is 2. The van der Waals surface area contributed by atoms with Crippen LogP contribution >= 0.6 is 22.6 Å². The summed E-state index contributed by atoms with van der Waals surface area (Å²) in [7, 11) is 0. The second-order valence-corrected chi connectivity index (χ2v) is 7.09. The molecule has 2 rings (SSSR count). The maximum atomic E-state index is 3.43. The molecule has 0 saturated heterocycles. The van der Waals surface area contributed by atoms with Crippen molar-refractivity contribution in [3.63, 3.8) is 0 Å². The minimum atomic E-state index is 1.09. The molecule has 2 aromatic carbocycles. The SMILES string of the molecule is CCCCc1cc(C#Cc2ccccc2)c(CCCC)cc1I. The molecule has 0 radical (unpaired) electrons. The van der Waals surface area contributed by atoms with E-state index in [9.17, 15) is 0 Å². The Hall–Kier alpha value is -1.27. The Bertz CT molecular complexity index is 674. The predicted molar refractivity (Wildman–Crippen MR) is 109 cm³/mol. The van der Waals surface area contributed by atoms with E-state index in [2.05, 4.69) is 72.5 Å². The highest BCUT2D eigenvalue weighted by Gasteiger charge is 2.07. The standard InChI is InChI=1S/C22H25I/c1-3-5-12-19-17-22(23)21(13-6-4-2)16-20(19)15-14-18-10-8-7-9-11-18/h7-11,16-17H,3-6,12-13H2,1-2H3. The van der Waals surface area contributed by atoms with Crippen LogP contribution in [0.5, 0.6) is 0 Å². The molecule has 0 nitrogen and oxygen atoms in total. The van der Waals surface area contributed by atoms with E-state index in [4.69, 9.17) is 0 Å². The summed E-state index contributed by atoms with van der Waals surface area (Å²) >= 11 is 2.49. The van der Waals surface area contributed by atoms with E-state index in [1.165, 1.54) is 45.9 Å². The largest absolute Gasteiger partial charge is 0.0654 e. The van der Waals surface area contributed by atoms with Gasteiger partial charge in [0, 0.05) is 14.7 Å². The fraction of sp³-hybridized carbons (Fsp3) is 0.364. The topological polar surface area (TPSA) is 0 Å². The first-order valence-electron chi connectivity index (χ1n) is 8.63. The molecular formula is C22H25I. The van der Waals surface area contributed by atoms with Gasteiger partial charge in [-0.2, -0.15) is 0 Å². The number of halogens is 1. The smallest absolute Gasteiger partial charge is 0.0284 e. The van der Waals surface area contributed by atoms with Crippen molar-refractivity contribution in [2.45, 2.75) is 52.4 Å². The van der Waals surface area contributed by atoms with Gasteiger partial charge in [-0.15, -0.1) is 0 Å². The molecule has 0 unspecified atom stereocenters. The summed E-state index contributed by atoms with van der Waals surface area (Å²) in [6.45, 7) is 4.49. The fourth-order valence-electron chi connectivity index (χ4n) is 2.57. The lowest BCUT2D eigenvalue weighted by Gasteiger charge is -2.10. The van der Waals surface area contributed by atoms with Crippen LogP contribution < -0.4 is 0 Å². The van der Waals surface area contributed by atoms with Gasteiger partial charge in [0.1, 0.15) is 0 Å². The first-order chi connectivity index (χ1) is 11.2. The highest BCUT2D eigenvalue weighted by Crippen LogP contribution is 2.22. The summed E-state index contributed by atoms with van der Waals surface area (Å²) in [6, 6.07) is 15.0. The molecule has 0 fully saturated rings. The molecule has 2 aromatic rings. The second kappa shape index (κ2) is 9.78. The van der Waals surface area contributed by atoms with E-state index in [0.717, 1.165) is 18.4 Å². The molecule has 0 spiro atoms. The average Bonchev–Trinajstić information content (AvgIpc) is 2.58. The molecule has 0 saturated carbocycles. The van der Waals surface area contributed by atoms with Gasteiger partial charge in [-0.25, -0.2) is 0 Å². The van der Waals surface area contributed by atoms with Gasteiger partial charge in [0.05, 0.1) is 0 Å². The van der Waals surface area contributed by atoms with E-state index in [-0.39, 0.29) is 0 Å². The van der Waals surface area contributed by atoms with Gasteiger partial charge in [-0.05, 0) is 83.7 Å². The van der Waals surface area contributed by atoms with E-state index in [0.29, 0.717) is 0 Å². The van der Waals surface area contributed by atoms with Gasteiger partial charge in [0.2, 0.25) is 0 Å². The normalized spacial score (nSPS) is 10.2. The molecule has 1 heteroatoms. The summed E-state index contributed by atoms with van der Waals surface area (Å²) in [4.78, 5) is 0. The number of aryl methyl sites for hydroxylation is 2. The molecule has 0 bridgehead atoms. The lowest BCUT2D eigenvalue weighted by atomic mass is 9.97. The van der Waals surface area contributed by atoms with Crippen LogP contribution in [0, 0.1) is 15.4 Å². The minimum Gasteiger partial charge on any atom is -0.0654 e. The Balaban J connectivity index is 2.35. The molecule has 120 valence electrons. The molecule has 0 aliphatic carbocycles. The Morgan fingerprint density at radius 2 is 1.48 bits per heavy atom. The maximum Gasteiger partial charge on any atom is 0.0284 e. The van der Waals surface area contributed by atoms with Gasteiger partial charge in [-0.3, -0.25) is 0 Å². The number of hydrogen-bond acceptors (Lipinski definition) is 0. The van der Waals surface area contributed by atoms with Crippen molar-refractivity contribution in [2.24, 2.45) is 0 Å². The Morgan fingerprint density at radius 1 is 0.826 bits per heavy atom. The van der Waals surface area contributed by atoms with Gasteiger partial charge < -0.3 is 0 Å². The third kappa shape index (κ3) is 5.70. The Morgan fingerprint density at radius 3 is 2.13 bits per heavy atom. The van der Waals surface area contributed by atoms with Gasteiger partial charge in [0.25, 0.3) is 0 Å². The molecule has 0 aliphatic heterocycles. The maximum absolute atomic E-state index is 3.43. The summed E-state index contributed by atoms with van der Waals surface area (Å²) in [5.74, 6) is 6.76. The molecule has 0 N–H and O–H groups in total. The van der Waals surface area contributed by atoms with Crippen LogP contribution in [0.25, 0.3) is 0 Å².